The molecule has 0 spiro atoms. The summed E-state index contributed by atoms with van der Waals surface area (Å²) in [4.78, 5) is 0.735. The Hall–Kier alpha value is -0.430. The van der Waals surface area contributed by atoms with Gasteiger partial charge in [-0.3, -0.25) is 0 Å². The lowest BCUT2D eigenvalue weighted by Crippen LogP contribution is -2.37. The highest BCUT2D eigenvalue weighted by molar-refractivity contribution is 7.91. The minimum absolute atomic E-state index is 0.0942. The van der Waals surface area contributed by atoms with Crippen LogP contribution in [0.5, 0.6) is 0 Å². The van der Waals surface area contributed by atoms with Gasteiger partial charge in [-0.1, -0.05) is 6.92 Å². The third-order valence-corrected chi connectivity index (χ3v) is 7.05. The van der Waals surface area contributed by atoms with Crippen LogP contribution < -0.4 is 0 Å². The number of nitrogens with zero attached hydrogens (tertiary/aromatic N) is 1. The van der Waals surface area contributed by atoms with E-state index in [1.807, 2.05) is 6.92 Å². The third-order valence-electron chi connectivity index (χ3n) is 3.48. The van der Waals surface area contributed by atoms with Crippen molar-refractivity contribution < 1.29 is 13.5 Å². The predicted molar refractivity (Wildman–Crippen MR) is 72.1 cm³/mol. The van der Waals surface area contributed by atoms with E-state index in [0.717, 1.165) is 23.3 Å². The Morgan fingerprint density at radius 3 is 2.56 bits per heavy atom. The smallest absolute Gasteiger partial charge is 0.252 e. The zero-order chi connectivity index (χ0) is 13.3. The van der Waals surface area contributed by atoms with Gasteiger partial charge in [0.05, 0.1) is 6.61 Å². The number of piperidine rings is 1. The first-order chi connectivity index (χ1) is 8.45. The highest BCUT2D eigenvalue weighted by atomic mass is 32.2. The Kier molecular flexibility index (Phi) is 4.11. The van der Waals surface area contributed by atoms with Crippen molar-refractivity contribution >= 4 is 21.4 Å². The molecule has 1 aromatic heterocycles. The Labute approximate surface area is 112 Å². The number of aliphatic hydroxyl groups is 1. The van der Waals surface area contributed by atoms with Crippen molar-refractivity contribution in [3.05, 3.63) is 16.5 Å². The maximum absolute atomic E-state index is 12.4. The van der Waals surface area contributed by atoms with E-state index in [1.54, 1.807) is 10.4 Å². The summed E-state index contributed by atoms with van der Waals surface area (Å²) < 4.78 is 26.8. The van der Waals surface area contributed by atoms with Gasteiger partial charge >= 0.3 is 0 Å². The van der Waals surface area contributed by atoms with Gasteiger partial charge < -0.3 is 5.11 Å². The normalized spacial score (nSPS) is 19.3. The van der Waals surface area contributed by atoms with Gasteiger partial charge in [0.1, 0.15) is 4.21 Å². The van der Waals surface area contributed by atoms with E-state index in [-0.39, 0.29) is 6.61 Å². The van der Waals surface area contributed by atoms with Crippen molar-refractivity contribution in [1.82, 2.24) is 4.31 Å². The fourth-order valence-electron chi connectivity index (χ4n) is 2.13. The van der Waals surface area contributed by atoms with Crippen LogP contribution in [0.3, 0.4) is 0 Å². The van der Waals surface area contributed by atoms with Crippen molar-refractivity contribution in [3.8, 4) is 0 Å². The van der Waals surface area contributed by atoms with Crippen LogP contribution in [0, 0.1) is 12.8 Å². The summed E-state index contributed by atoms with van der Waals surface area (Å²) in [6.07, 6.45) is 1.85. The topological polar surface area (TPSA) is 57.6 Å². The monoisotopic (exact) mass is 289 g/mol. The first-order valence-corrected chi connectivity index (χ1v) is 8.41. The van der Waals surface area contributed by atoms with Crippen molar-refractivity contribution in [2.75, 3.05) is 13.1 Å². The van der Waals surface area contributed by atoms with E-state index >= 15 is 0 Å². The highest BCUT2D eigenvalue weighted by Gasteiger charge is 2.29. The van der Waals surface area contributed by atoms with Crippen molar-refractivity contribution in [1.29, 1.82) is 0 Å². The number of rotatable bonds is 3. The summed E-state index contributed by atoms with van der Waals surface area (Å²) >= 11 is 1.18. The fraction of sp³-hybridized carbons (Fsp3) is 0.667. The highest BCUT2D eigenvalue weighted by Crippen LogP contribution is 2.30. The van der Waals surface area contributed by atoms with Gasteiger partial charge in [0.15, 0.2) is 0 Å². The number of sulfonamides is 1. The molecule has 1 aliphatic rings. The SMILES string of the molecule is Cc1cc(S(=O)(=O)N2CCC(C)CC2)sc1CO. The van der Waals surface area contributed by atoms with Crippen LogP contribution in [0.4, 0.5) is 0 Å². The lowest BCUT2D eigenvalue weighted by atomic mass is 10.0. The molecule has 0 aromatic carbocycles. The number of aryl methyl sites for hydroxylation is 1. The minimum Gasteiger partial charge on any atom is -0.391 e. The maximum Gasteiger partial charge on any atom is 0.252 e. The molecule has 0 amide bonds. The second-order valence-electron chi connectivity index (χ2n) is 4.92. The first-order valence-electron chi connectivity index (χ1n) is 6.15. The van der Waals surface area contributed by atoms with E-state index in [4.69, 9.17) is 5.11 Å². The number of hydrogen-bond donors (Lipinski definition) is 1. The van der Waals surface area contributed by atoms with Gasteiger partial charge in [0.25, 0.3) is 10.0 Å². The Bertz CT molecular complexity index is 513. The first kappa shape index (κ1) is 14.0. The summed E-state index contributed by atoms with van der Waals surface area (Å²) in [5, 5.41) is 9.14. The molecular weight excluding hydrogens is 270 g/mol. The van der Waals surface area contributed by atoms with Crippen LogP contribution in [0.2, 0.25) is 0 Å². The molecule has 0 radical (unpaired) electrons. The number of hydrogen-bond acceptors (Lipinski definition) is 4. The average Bonchev–Trinajstić information content (AvgIpc) is 2.72. The molecule has 0 aliphatic carbocycles. The molecule has 0 saturated carbocycles. The Morgan fingerprint density at radius 1 is 1.44 bits per heavy atom. The van der Waals surface area contributed by atoms with E-state index in [2.05, 4.69) is 6.92 Å². The molecule has 18 heavy (non-hydrogen) atoms. The molecule has 1 fully saturated rings. The van der Waals surface area contributed by atoms with Gasteiger partial charge in [-0.15, -0.1) is 11.3 Å². The van der Waals surface area contributed by atoms with Crippen molar-refractivity contribution in [3.63, 3.8) is 0 Å². The van der Waals surface area contributed by atoms with Gasteiger partial charge in [-0.25, -0.2) is 8.42 Å². The molecule has 2 heterocycles. The average molecular weight is 289 g/mol. The molecule has 0 bridgehead atoms. The lowest BCUT2D eigenvalue weighted by molar-refractivity contribution is 0.285. The zero-order valence-electron chi connectivity index (χ0n) is 10.7. The minimum atomic E-state index is -3.36. The van der Waals surface area contributed by atoms with E-state index in [1.165, 1.54) is 11.3 Å². The molecule has 1 N–H and O–H groups in total. The Balaban J connectivity index is 2.24. The summed E-state index contributed by atoms with van der Waals surface area (Å²) in [7, 11) is -3.36. The lowest BCUT2D eigenvalue weighted by Gasteiger charge is -2.28. The molecule has 102 valence electrons. The van der Waals surface area contributed by atoms with E-state index < -0.39 is 10.0 Å². The van der Waals surface area contributed by atoms with Gasteiger partial charge in [-0.05, 0) is 37.3 Å². The number of thiophene rings is 1. The molecule has 2 rings (SSSR count). The van der Waals surface area contributed by atoms with Gasteiger partial charge in [0.2, 0.25) is 0 Å². The van der Waals surface area contributed by atoms with Crippen molar-refractivity contribution in [2.45, 2.75) is 37.5 Å². The predicted octanol–water partition coefficient (Wildman–Crippen LogP) is 1.97. The molecule has 6 heteroatoms. The van der Waals surface area contributed by atoms with Crippen LogP contribution >= 0.6 is 11.3 Å². The molecule has 4 nitrogen and oxygen atoms in total. The second kappa shape index (κ2) is 5.28. The second-order valence-corrected chi connectivity index (χ2v) is 8.22. The molecule has 0 unspecified atom stereocenters. The van der Waals surface area contributed by atoms with Crippen LogP contribution in [-0.2, 0) is 16.6 Å². The van der Waals surface area contributed by atoms with Crippen LogP contribution in [0.25, 0.3) is 0 Å². The molecule has 1 aliphatic heterocycles. The summed E-state index contributed by atoms with van der Waals surface area (Å²) in [6.45, 7) is 5.11. The summed E-state index contributed by atoms with van der Waals surface area (Å²) in [5.74, 6) is 0.606. The molecule has 0 atom stereocenters. The molecule has 1 saturated heterocycles. The Morgan fingerprint density at radius 2 is 2.06 bits per heavy atom. The van der Waals surface area contributed by atoms with Crippen LogP contribution in [-0.4, -0.2) is 30.9 Å². The third kappa shape index (κ3) is 2.61. The maximum atomic E-state index is 12.4. The number of aliphatic hydroxyl groups excluding tert-OH is 1. The summed E-state index contributed by atoms with van der Waals surface area (Å²) in [5.41, 5.74) is 0.853. The van der Waals surface area contributed by atoms with Crippen molar-refractivity contribution in [2.24, 2.45) is 5.92 Å². The molecular formula is C12H19NO3S2. The molecule has 1 aromatic rings. The standard InChI is InChI=1S/C12H19NO3S2/c1-9-3-5-13(6-4-9)18(15,16)12-7-10(2)11(8-14)17-12/h7,9,14H,3-6,8H2,1-2H3. The zero-order valence-corrected chi connectivity index (χ0v) is 12.4. The van der Waals surface area contributed by atoms with E-state index in [0.29, 0.717) is 23.2 Å². The summed E-state index contributed by atoms with van der Waals surface area (Å²) in [6, 6.07) is 1.67. The fourth-order valence-corrected chi connectivity index (χ4v) is 5.20. The van der Waals surface area contributed by atoms with Crippen LogP contribution in [0.1, 0.15) is 30.2 Å². The van der Waals surface area contributed by atoms with Crippen LogP contribution in [0.15, 0.2) is 10.3 Å². The quantitative estimate of drug-likeness (QED) is 0.925. The van der Waals surface area contributed by atoms with E-state index in [9.17, 15) is 8.42 Å². The van der Waals surface area contributed by atoms with Gasteiger partial charge in [-0.2, -0.15) is 4.31 Å². The van der Waals surface area contributed by atoms with Gasteiger partial charge in [0, 0.05) is 18.0 Å². The largest absolute Gasteiger partial charge is 0.391 e.